The summed E-state index contributed by atoms with van der Waals surface area (Å²) < 4.78 is 0. The number of nitrogens with two attached hydrogens (primary N) is 1. The van der Waals surface area contributed by atoms with Gasteiger partial charge in [0.05, 0.1) is 5.56 Å². The van der Waals surface area contributed by atoms with E-state index in [1.807, 2.05) is 30.9 Å². The smallest absolute Gasteiger partial charge is 0.256 e. The lowest BCUT2D eigenvalue weighted by molar-refractivity contribution is 0.0760. The number of hydrogen-bond acceptors (Lipinski definition) is 4. The van der Waals surface area contributed by atoms with Gasteiger partial charge in [0, 0.05) is 61.2 Å². The first-order valence-electron chi connectivity index (χ1n) is 10.4. The molecule has 0 unspecified atom stereocenters. The van der Waals surface area contributed by atoms with Crippen molar-refractivity contribution in [3.05, 3.63) is 58.6 Å². The molecule has 0 spiro atoms. The zero-order valence-corrected chi connectivity index (χ0v) is 18.4. The second-order valence-electron chi connectivity index (χ2n) is 7.39. The maximum absolute atomic E-state index is 13.1. The largest absolute Gasteiger partial charge is 0.399 e. The normalized spacial score (nSPS) is 14.4. The van der Waals surface area contributed by atoms with E-state index in [9.17, 15) is 9.59 Å². The van der Waals surface area contributed by atoms with E-state index in [-0.39, 0.29) is 11.8 Å². The van der Waals surface area contributed by atoms with E-state index in [0.29, 0.717) is 54.6 Å². The molecule has 1 aliphatic rings. The number of carbonyl (C=O) groups is 2. The monoisotopic (exact) mass is 428 g/mol. The summed E-state index contributed by atoms with van der Waals surface area (Å²) >= 11 is 5.94. The maximum atomic E-state index is 13.1. The minimum Gasteiger partial charge on any atom is -0.399 e. The standard InChI is InChI=1S/C23H29ClN4O2/c1-3-26(4-2)23(30)20-16-19(25)10-11-21(20)27-12-5-13-28(15-14-27)22(29)17-6-8-18(24)9-7-17/h6-11,16H,3-5,12-15,25H2,1-2H3. The topological polar surface area (TPSA) is 69.9 Å². The molecule has 1 heterocycles. The summed E-state index contributed by atoms with van der Waals surface area (Å²) in [4.78, 5) is 31.8. The van der Waals surface area contributed by atoms with Crippen LogP contribution in [0.1, 0.15) is 41.0 Å². The second-order valence-corrected chi connectivity index (χ2v) is 7.83. The van der Waals surface area contributed by atoms with Crippen LogP contribution in [0, 0.1) is 0 Å². The van der Waals surface area contributed by atoms with Gasteiger partial charge in [-0.15, -0.1) is 0 Å². The zero-order chi connectivity index (χ0) is 21.7. The molecule has 1 saturated heterocycles. The number of hydrogen-bond donors (Lipinski definition) is 1. The molecule has 0 bridgehead atoms. The Morgan fingerprint density at radius 1 is 1.00 bits per heavy atom. The number of nitrogen functional groups attached to an aromatic ring is 1. The van der Waals surface area contributed by atoms with Crippen LogP contribution in [-0.4, -0.2) is 60.9 Å². The Kier molecular flexibility index (Phi) is 7.21. The molecule has 1 fully saturated rings. The predicted octanol–water partition coefficient (Wildman–Crippen LogP) is 3.76. The number of nitrogens with zero attached hydrogens (tertiary/aromatic N) is 3. The molecule has 0 radical (unpaired) electrons. The molecule has 160 valence electrons. The van der Waals surface area contributed by atoms with Crippen LogP contribution in [-0.2, 0) is 0 Å². The third-order valence-corrected chi connectivity index (χ3v) is 5.77. The van der Waals surface area contributed by atoms with Crippen molar-refractivity contribution in [2.24, 2.45) is 0 Å². The van der Waals surface area contributed by atoms with Crippen LogP contribution in [0.15, 0.2) is 42.5 Å². The highest BCUT2D eigenvalue weighted by Crippen LogP contribution is 2.26. The Morgan fingerprint density at radius 2 is 1.70 bits per heavy atom. The quantitative estimate of drug-likeness (QED) is 0.736. The number of benzene rings is 2. The highest BCUT2D eigenvalue weighted by atomic mass is 35.5. The van der Waals surface area contributed by atoms with Gasteiger partial charge in [0.15, 0.2) is 0 Å². The summed E-state index contributed by atoms with van der Waals surface area (Å²) in [7, 11) is 0. The number of carbonyl (C=O) groups excluding carboxylic acids is 2. The van der Waals surface area contributed by atoms with Gasteiger partial charge in [-0.1, -0.05) is 11.6 Å². The summed E-state index contributed by atoms with van der Waals surface area (Å²) in [6.45, 7) is 7.92. The van der Waals surface area contributed by atoms with Gasteiger partial charge in [-0.25, -0.2) is 0 Å². The molecule has 1 aliphatic heterocycles. The van der Waals surface area contributed by atoms with Gasteiger partial charge in [-0.3, -0.25) is 9.59 Å². The molecule has 0 aliphatic carbocycles. The Balaban J connectivity index is 1.79. The van der Waals surface area contributed by atoms with E-state index >= 15 is 0 Å². The summed E-state index contributed by atoms with van der Waals surface area (Å²) in [6, 6.07) is 12.5. The summed E-state index contributed by atoms with van der Waals surface area (Å²) in [5.74, 6) is -0.00842. The average molecular weight is 429 g/mol. The van der Waals surface area contributed by atoms with Crippen molar-refractivity contribution < 1.29 is 9.59 Å². The van der Waals surface area contributed by atoms with Crippen molar-refractivity contribution in [1.29, 1.82) is 0 Å². The first-order valence-corrected chi connectivity index (χ1v) is 10.8. The highest BCUT2D eigenvalue weighted by molar-refractivity contribution is 6.30. The van der Waals surface area contributed by atoms with Crippen LogP contribution >= 0.6 is 11.6 Å². The highest BCUT2D eigenvalue weighted by Gasteiger charge is 2.24. The summed E-state index contributed by atoms with van der Waals surface area (Å²) in [5, 5.41) is 0.613. The molecule has 3 rings (SSSR count). The molecule has 6 nitrogen and oxygen atoms in total. The van der Waals surface area contributed by atoms with Crippen molar-refractivity contribution in [2.45, 2.75) is 20.3 Å². The zero-order valence-electron chi connectivity index (χ0n) is 17.6. The van der Waals surface area contributed by atoms with E-state index in [1.165, 1.54) is 0 Å². The van der Waals surface area contributed by atoms with E-state index in [4.69, 9.17) is 17.3 Å². The molecular formula is C23H29ClN4O2. The molecule has 2 aromatic carbocycles. The van der Waals surface area contributed by atoms with E-state index in [0.717, 1.165) is 18.7 Å². The van der Waals surface area contributed by atoms with Gasteiger partial charge < -0.3 is 20.4 Å². The number of anilines is 2. The summed E-state index contributed by atoms with van der Waals surface area (Å²) in [6.07, 6.45) is 0.822. The Morgan fingerprint density at radius 3 is 2.37 bits per heavy atom. The Hall–Kier alpha value is -2.73. The molecule has 7 heteroatoms. The third kappa shape index (κ3) is 4.87. The lowest BCUT2D eigenvalue weighted by Gasteiger charge is -2.28. The summed E-state index contributed by atoms with van der Waals surface area (Å²) in [5.41, 5.74) is 8.70. The molecular weight excluding hydrogens is 400 g/mol. The Labute approximate surface area is 183 Å². The van der Waals surface area contributed by atoms with Crippen molar-refractivity contribution in [2.75, 3.05) is 49.9 Å². The molecule has 0 atom stereocenters. The SMILES string of the molecule is CCN(CC)C(=O)c1cc(N)ccc1N1CCCN(C(=O)c2ccc(Cl)cc2)CC1. The average Bonchev–Trinajstić information content (AvgIpc) is 3.01. The van der Waals surface area contributed by atoms with Crippen LogP contribution in [0.5, 0.6) is 0 Å². The number of halogens is 1. The van der Waals surface area contributed by atoms with Crippen molar-refractivity contribution in [3.63, 3.8) is 0 Å². The van der Waals surface area contributed by atoms with Gasteiger partial charge in [0.1, 0.15) is 0 Å². The molecule has 30 heavy (non-hydrogen) atoms. The van der Waals surface area contributed by atoms with Gasteiger partial charge >= 0.3 is 0 Å². The van der Waals surface area contributed by atoms with Gasteiger partial charge in [0.25, 0.3) is 11.8 Å². The maximum Gasteiger partial charge on any atom is 0.256 e. The minimum absolute atomic E-state index is 0.00487. The van der Waals surface area contributed by atoms with Crippen LogP contribution in [0.25, 0.3) is 0 Å². The lowest BCUT2D eigenvalue weighted by atomic mass is 10.1. The van der Waals surface area contributed by atoms with E-state index in [2.05, 4.69) is 4.90 Å². The first kappa shape index (κ1) is 22.0. The Bertz CT molecular complexity index is 897. The van der Waals surface area contributed by atoms with Crippen LogP contribution in [0.2, 0.25) is 5.02 Å². The lowest BCUT2D eigenvalue weighted by Crippen LogP contribution is -2.36. The van der Waals surface area contributed by atoms with Crippen LogP contribution < -0.4 is 10.6 Å². The van der Waals surface area contributed by atoms with Crippen molar-refractivity contribution in [3.8, 4) is 0 Å². The molecule has 0 aromatic heterocycles. The van der Waals surface area contributed by atoms with Crippen LogP contribution in [0.4, 0.5) is 11.4 Å². The van der Waals surface area contributed by atoms with Gasteiger partial charge in [-0.05, 0) is 62.7 Å². The second kappa shape index (κ2) is 9.85. The third-order valence-electron chi connectivity index (χ3n) is 5.52. The predicted molar refractivity (Wildman–Crippen MR) is 122 cm³/mol. The van der Waals surface area contributed by atoms with Gasteiger partial charge in [0.2, 0.25) is 0 Å². The van der Waals surface area contributed by atoms with Crippen LogP contribution in [0.3, 0.4) is 0 Å². The molecule has 0 saturated carbocycles. The molecule has 2 amide bonds. The number of rotatable bonds is 5. The van der Waals surface area contributed by atoms with Gasteiger partial charge in [-0.2, -0.15) is 0 Å². The molecule has 2 N–H and O–H groups in total. The fourth-order valence-corrected chi connectivity index (χ4v) is 3.94. The van der Waals surface area contributed by atoms with E-state index in [1.54, 1.807) is 35.2 Å². The fraction of sp³-hybridized carbons (Fsp3) is 0.391. The molecule has 2 aromatic rings. The fourth-order valence-electron chi connectivity index (χ4n) is 3.82. The minimum atomic E-state index is -0.0133. The van der Waals surface area contributed by atoms with Crippen molar-refractivity contribution in [1.82, 2.24) is 9.80 Å². The van der Waals surface area contributed by atoms with Crippen molar-refractivity contribution >= 4 is 34.8 Å². The van der Waals surface area contributed by atoms with E-state index < -0.39 is 0 Å². The first-order chi connectivity index (χ1) is 14.4. The number of amides is 2.